The van der Waals surface area contributed by atoms with E-state index in [1.54, 1.807) is 4.90 Å². The average molecular weight is 442 g/mol. The minimum Gasteiger partial charge on any atom is -0.382 e. The van der Waals surface area contributed by atoms with Crippen LogP contribution in [0.4, 0.5) is 24.7 Å². The van der Waals surface area contributed by atoms with Gasteiger partial charge in [0, 0.05) is 25.2 Å². The molecule has 3 rings (SSSR count). The molecule has 3 N–H and O–H groups in total. The lowest BCUT2D eigenvalue weighted by atomic mass is 10.00. The minimum absolute atomic E-state index is 0.0127. The molecule has 11 heteroatoms. The summed E-state index contributed by atoms with van der Waals surface area (Å²) in [6, 6.07) is 4.66. The number of nitrogen functional groups attached to an aromatic ring is 1. The highest BCUT2D eigenvalue weighted by molar-refractivity contribution is 6.35. The van der Waals surface area contributed by atoms with Crippen LogP contribution in [0.1, 0.15) is 28.9 Å². The molecule has 1 saturated heterocycles. The minimum atomic E-state index is -4.45. The van der Waals surface area contributed by atoms with Crippen LogP contribution >= 0.6 is 11.6 Å². The van der Waals surface area contributed by atoms with Crippen LogP contribution in [0.15, 0.2) is 30.6 Å². The normalized spacial score (nSPS) is 16.5. The van der Waals surface area contributed by atoms with Crippen LogP contribution in [-0.4, -0.2) is 46.2 Å². The van der Waals surface area contributed by atoms with Crippen molar-refractivity contribution in [2.75, 3.05) is 30.7 Å². The fourth-order valence-corrected chi connectivity index (χ4v) is 3.46. The van der Waals surface area contributed by atoms with E-state index in [4.69, 9.17) is 17.3 Å². The molecule has 0 aliphatic carbocycles. The number of aromatic nitrogens is 2. The predicted molar refractivity (Wildman–Crippen MR) is 105 cm³/mol. The fourth-order valence-electron chi connectivity index (χ4n) is 3.26. The fraction of sp³-hybridized carbons (Fsp3) is 0.368. The van der Waals surface area contributed by atoms with Gasteiger partial charge in [-0.3, -0.25) is 9.59 Å². The molecule has 2 aromatic rings. The summed E-state index contributed by atoms with van der Waals surface area (Å²) in [4.78, 5) is 34.0. The third-order valence-electron chi connectivity index (χ3n) is 4.83. The molecule has 1 fully saturated rings. The second kappa shape index (κ2) is 8.86. The van der Waals surface area contributed by atoms with Gasteiger partial charge in [-0.05, 0) is 30.5 Å². The second-order valence-electron chi connectivity index (χ2n) is 6.98. The summed E-state index contributed by atoms with van der Waals surface area (Å²) in [6.07, 6.45) is -2.51. The first-order valence-corrected chi connectivity index (χ1v) is 9.51. The maximum Gasteiger partial charge on any atom is 0.416 e. The lowest BCUT2D eigenvalue weighted by Crippen LogP contribution is -2.34. The molecular formula is C19H19ClF3N5O2. The van der Waals surface area contributed by atoms with Gasteiger partial charge in [0.15, 0.2) is 5.78 Å². The van der Waals surface area contributed by atoms with E-state index in [0.717, 1.165) is 12.1 Å². The number of hydrogen-bond donors (Lipinski definition) is 2. The zero-order valence-corrected chi connectivity index (χ0v) is 16.5. The standard InChI is InChI=1S/C19H19ClF3N5O2/c20-16-17(26-10-27-18(16)24)14(29)6-11-4-5-28(9-11)15(30)8-25-13-3-1-2-12(7-13)19(21,22)23/h1-3,7,10-11,25H,4-6,8-9H2,(H2,24,26,27). The molecule has 1 amide bonds. The lowest BCUT2D eigenvalue weighted by molar-refractivity contribution is -0.137. The average Bonchev–Trinajstić information content (AvgIpc) is 3.16. The van der Waals surface area contributed by atoms with E-state index in [1.807, 2.05) is 0 Å². The van der Waals surface area contributed by atoms with E-state index in [-0.39, 0.29) is 52.8 Å². The van der Waals surface area contributed by atoms with Crippen molar-refractivity contribution in [2.45, 2.75) is 19.0 Å². The summed E-state index contributed by atoms with van der Waals surface area (Å²) in [5.74, 6) is -0.580. The van der Waals surface area contributed by atoms with Gasteiger partial charge in [0.1, 0.15) is 22.9 Å². The summed E-state index contributed by atoms with van der Waals surface area (Å²) < 4.78 is 38.3. The highest BCUT2D eigenvalue weighted by Crippen LogP contribution is 2.30. The van der Waals surface area contributed by atoms with Gasteiger partial charge in [0.05, 0.1) is 12.1 Å². The Morgan fingerprint density at radius 1 is 1.30 bits per heavy atom. The first kappa shape index (κ1) is 21.8. The Kier molecular flexibility index (Phi) is 6.45. The molecule has 1 aromatic heterocycles. The molecule has 1 atom stereocenters. The highest BCUT2D eigenvalue weighted by Gasteiger charge is 2.31. The number of nitrogens with two attached hydrogens (primary N) is 1. The van der Waals surface area contributed by atoms with E-state index >= 15 is 0 Å². The Bertz CT molecular complexity index is 954. The van der Waals surface area contributed by atoms with Crippen LogP contribution in [0.25, 0.3) is 0 Å². The van der Waals surface area contributed by atoms with Crippen molar-refractivity contribution in [3.63, 3.8) is 0 Å². The Morgan fingerprint density at radius 2 is 2.07 bits per heavy atom. The Hall–Kier alpha value is -2.88. The SMILES string of the molecule is Nc1ncnc(C(=O)CC2CCN(C(=O)CNc3cccc(C(F)(F)F)c3)C2)c1Cl. The van der Waals surface area contributed by atoms with Crippen LogP contribution in [0, 0.1) is 5.92 Å². The third kappa shape index (κ3) is 5.18. The van der Waals surface area contributed by atoms with Gasteiger partial charge in [-0.15, -0.1) is 0 Å². The van der Waals surface area contributed by atoms with Gasteiger partial charge in [-0.2, -0.15) is 13.2 Å². The van der Waals surface area contributed by atoms with E-state index in [2.05, 4.69) is 15.3 Å². The number of halogens is 4. The summed E-state index contributed by atoms with van der Waals surface area (Å²) >= 11 is 5.98. The van der Waals surface area contributed by atoms with Crippen LogP contribution in [0.3, 0.4) is 0 Å². The van der Waals surface area contributed by atoms with Crippen LogP contribution in [-0.2, 0) is 11.0 Å². The number of benzene rings is 1. The smallest absolute Gasteiger partial charge is 0.382 e. The van der Waals surface area contributed by atoms with Crippen molar-refractivity contribution in [3.05, 3.63) is 46.9 Å². The summed E-state index contributed by atoms with van der Waals surface area (Å²) in [6.45, 7) is 0.684. The zero-order valence-electron chi connectivity index (χ0n) is 15.7. The number of nitrogens with zero attached hydrogens (tertiary/aromatic N) is 3. The molecular weight excluding hydrogens is 423 g/mol. The highest BCUT2D eigenvalue weighted by atomic mass is 35.5. The van der Waals surface area contributed by atoms with Crippen molar-refractivity contribution >= 4 is 34.8 Å². The van der Waals surface area contributed by atoms with Crippen molar-refractivity contribution in [2.24, 2.45) is 5.92 Å². The Morgan fingerprint density at radius 3 is 2.80 bits per heavy atom. The zero-order chi connectivity index (χ0) is 21.9. The maximum atomic E-state index is 12.8. The van der Waals surface area contributed by atoms with Gasteiger partial charge < -0.3 is 16.0 Å². The first-order chi connectivity index (χ1) is 14.1. The molecule has 0 spiro atoms. The number of likely N-dealkylation sites (tertiary alicyclic amines) is 1. The Balaban J connectivity index is 1.52. The predicted octanol–water partition coefficient (Wildman–Crippen LogP) is 3.26. The molecule has 0 bridgehead atoms. The molecule has 2 heterocycles. The number of amides is 1. The van der Waals surface area contributed by atoms with E-state index in [0.29, 0.717) is 19.5 Å². The lowest BCUT2D eigenvalue weighted by Gasteiger charge is -2.17. The number of nitrogens with one attached hydrogen (secondary N) is 1. The summed E-state index contributed by atoms with van der Waals surface area (Å²) in [5.41, 5.74) is 5.06. The number of rotatable bonds is 6. The monoisotopic (exact) mass is 441 g/mol. The van der Waals surface area contributed by atoms with E-state index in [1.165, 1.54) is 18.5 Å². The van der Waals surface area contributed by atoms with Crippen molar-refractivity contribution in [3.8, 4) is 0 Å². The van der Waals surface area contributed by atoms with E-state index < -0.39 is 11.7 Å². The molecule has 1 unspecified atom stereocenters. The quantitative estimate of drug-likeness (QED) is 0.667. The number of carbonyl (C=O) groups excluding carboxylic acids is 2. The van der Waals surface area contributed by atoms with Crippen LogP contribution in [0.5, 0.6) is 0 Å². The number of Topliss-reactive ketones (excluding diaryl/α,β-unsaturated/α-hetero) is 1. The number of alkyl halides is 3. The van der Waals surface area contributed by atoms with Crippen molar-refractivity contribution in [1.29, 1.82) is 0 Å². The molecule has 1 aromatic carbocycles. The van der Waals surface area contributed by atoms with Gasteiger partial charge in [-0.1, -0.05) is 17.7 Å². The topological polar surface area (TPSA) is 101 Å². The maximum absolute atomic E-state index is 12.8. The third-order valence-corrected chi connectivity index (χ3v) is 5.20. The second-order valence-corrected chi connectivity index (χ2v) is 7.35. The van der Waals surface area contributed by atoms with Gasteiger partial charge in [0.25, 0.3) is 0 Å². The van der Waals surface area contributed by atoms with Crippen LogP contribution < -0.4 is 11.1 Å². The molecule has 160 valence electrons. The number of hydrogen-bond acceptors (Lipinski definition) is 6. The molecule has 0 radical (unpaired) electrons. The number of anilines is 2. The van der Waals surface area contributed by atoms with Gasteiger partial charge in [-0.25, -0.2) is 9.97 Å². The van der Waals surface area contributed by atoms with Crippen molar-refractivity contribution in [1.82, 2.24) is 14.9 Å². The van der Waals surface area contributed by atoms with Crippen LogP contribution in [0.2, 0.25) is 5.02 Å². The largest absolute Gasteiger partial charge is 0.416 e. The van der Waals surface area contributed by atoms with Gasteiger partial charge in [0.2, 0.25) is 5.91 Å². The van der Waals surface area contributed by atoms with Crippen molar-refractivity contribution < 1.29 is 22.8 Å². The molecule has 1 aliphatic heterocycles. The Labute approximate surface area is 175 Å². The molecule has 0 saturated carbocycles. The van der Waals surface area contributed by atoms with Gasteiger partial charge >= 0.3 is 6.18 Å². The summed E-state index contributed by atoms with van der Waals surface area (Å²) in [5, 5.41) is 2.74. The summed E-state index contributed by atoms with van der Waals surface area (Å²) in [7, 11) is 0. The molecule has 30 heavy (non-hydrogen) atoms. The molecule has 7 nitrogen and oxygen atoms in total. The number of carbonyl (C=O) groups is 2. The molecule has 1 aliphatic rings. The first-order valence-electron chi connectivity index (χ1n) is 9.13. The van der Waals surface area contributed by atoms with E-state index in [9.17, 15) is 22.8 Å². The number of ketones is 1.